The molecule has 0 aliphatic heterocycles. The maximum atomic E-state index is 12.8. The van der Waals surface area contributed by atoms with Crippen LogP contribution in [0.2, 0.25) is 0 Å². The van der Waals surface area contributed by atoms with E-state index < -0.39 is 6.10 Å². The average Bonchev–Trinajstić information content (AvgIpc) is 2.86. The standard InChI is InChI=1S/C20H32O2/c1-6-18(4)11-12-19(5)13(2)7-9-20(14(3)17(18)22)10-8-15(21)16(19)20/h6,13-14,16-17,22H,1,7-12H2,2-5H3/t13-,14+,16?,17+,18-,19-,20+/m1/s1. The molecule has 3 fully saturated rings. The van der Waals surface area contributed by atoms with Gasteiger partial charge in [-0.2, -0.15) is 0 Å². The summed E-state index contributed by atoms with van der Waals surface area (Å²) in [6.07, 6.45) is 7.52. The Bertz CT molecular complexity index is 498. The highest BCUT2D eigenvalue weighted by molar-refractivity contribution is 5.85. The molecule has 0 aromatic heterocycles. The van der Waals surface area contributed by atoms with Crippen LogP contribution < -0.4 is 0 Å². The van der Waals surface area contributed by atoms with Crippen molar-refractivity contribution in [3.63, 3.8) is 0 Å². The smallest absolute Gasteiger partial charge is 0.137 e. The number of carbonyl (C=O) groups excluding carboxylic acids is 1. The normalized spacial score (nSPS) is 55.2. The Hall–Kier alpha value is -0.630. The minimum Gasteiger partial charge on any atom is -0.392 e. The monoisotopic (exact) mass is 304 g/mol. The molecule has 2 nitrogen and oxygen atoms in total. The van der Waals surface area contributed by atoms with Gasteiger partial charge in [0.1, 0.15) is 5.78 Å². The van der Waals surface area contributed by atoms with E-state index in [-0.39, 0.29) is 28.1 Å². The zero-order valence-corrected chi connectivity index (χ0v) is 14.7. The summed E-state index contributed by atoms with van der Waals surface area (Å²) < 4.78 is 0. The van der Waals surface area contributed by atoms with Crippen LogP contribution in [0.15, 0.2) is 12.7 Å². The van der Waals surface area contributed by atoms with Crippen LogP contribution in [0.4, 0.5) is 0 Å². The SMILES string of the molecule is C=C[C@]1(C)CC[C@@]2(C)C3C(=O)CC[C@@]3(CC[C@H]2C)[C@@H](C)[C@@H]1O. The van der Waals surface area contributed by atoms with Crippen molar-refractivity contribution in [1.82, 2.24) is 0 Å². The zero-order chi connectivity index (χ0) is 16.3. The molecule has 124 valence electrons. The highest BCUT2D eigenvalue weighted by atomic mass is 16.3. The summed E-state index contributed by atoms with van der Waals surface area (Å²) in [5, 5.41) is 11.1. The van der Waals surface area contributed by atoms with E-state index in [4.69, 9.17) is 0 Å². The molecule has 3 rings (SSSR count). The maximum Gasteiger partial charge on any atom is 0.137 e. The summed E-state index contributed by atoms with van der Waals surface area (Å²) in [6.45, 7) is 13.1. The summed E-state index contributed by atoms with van der Waals surface area (Å²) >= 11 is 0. The fraction of sp³-hybridized carbons (Fsp3) is 0.850. The predicted octanol–water partition coefficient (Wildman–Crippen LogP) is 4.37. The van der Waals surface area contributed by atoms with Crippen LogP contribution in [-0.4, -0.2) is 17.0 Å². The Morgan fingerprint density at radius 1 is 1.18 bits per heavy atom. The van der Waals surface area contributed by atoms with Crippen molar-refractivity contribution < 1.29 is 9.90 Å². The van der Waals surface area contributed by atoms with Crippen molar-refractivity contribution in [2.45, 2.75) is 72.3 Å². The average molecular weight is 304 g/mol. The largest absolute Gasteiger partial charge is 0.392 e. The first-order valence-electron chi connectivity index (χ1n) is 9.06. The number of hydrogen-bond donors (Lipinski definition) is 1. The van der Waals surface area contributed by atoms with E-state index in [0.717, 1.165) is 32.1 Å². The van der Waals surface area contributed by atoms with E-state index in [0.29, 0.717) is 11.7 Å². The van der Waals surface area contributed by atoms with Crippen LogP contribution in [0, 0.1) is 34.0 Å². The fourth-order valence-electron chi connectivity index (χ4n) is 6.26. The number of aliphatic hydroxyl groups excluding tert-OH is 1. The minimum atomic E-state index is -0.392. The number of rotatable bonds is 1. The van der Waals surface area contributed by atoms with Gasteiger partial charge in [-0.1, -0.05) is 33.8 Å². The van der Waals surface area contributed by atoms with Crippen molar-refractivity contribution in [2.75, 3.05) is 0 Å². The second-order valence-electron chi connectivity index (χ2n) is 9.02. The molecule has 0 amide bonds. The van der Waals surface area contributed by atoms with E-state index in [9.17, 15) is 9.90 Å². The van der Waals surface area contributed by atoms with Crippen LogP contribution in [0.25, 0.3) is 0 Å². The Morgan fingerprint density at radius 2 is 1.86 bits per heavy atom. The van der Waals surface area contributed by atoms with E-state index in [1.165, 1.54) is 6.42 Å². The summed E-state index contributed by atoms with van der Waals surface area (Å²) in [5.74, 6) is 1.38. The van der Waals surface area contributed by atoms with Crippen molar-refractivity contribution >= 4 is 5.78 Å². The van der Waals surface area contributed by atoms with Crippen molar-refractivity contribution in [3.05, 3.63) is 12.7 Å². The second kappa shape index (κ2) is 4.93. The van der Waals surface area contributed by atoms with Gasteiger partial charge >= 0.3 is 0 Å². The lowest BCUT2D eigenvalue weighted by Gasteiger charge is -2.60. The van der Waals surface area contributed by atoms with Gasteiger partial charge in [0.2, 0.25) is 0 Å². The number of Topliss-reactive ketones (excluding diaryl/α,β-unsaturated/α-hetero) is 1. The molecule has 7 atom stereocenters. The minimum absolute atomic E-state index is 0.0163. The molecule has 0 aromatic rings. The van der Waals surface area contributed by atoms with Gasteiger partial charge < -0.3 is 5.11 Å². The van der Waals surface area contributed by atoms with Gasteiger partial charge in [0, 0.05) is 17.8 Å². The van der Waals surface area contributed by atoms with Crippen LogP contribution >= 0.6 is 0 Å². The Kier molecular flexibility index (Phi) is 3.64. The molecule has 1 unspecified atom stereocenters. The third-order valence-corrected chi connectivity index (χ3v) is 8.29. The number of ketones is 1. The number of hydrogen-bond acceptors (Lipinski definition) is 2. The van der Waals surface area contributed by atoms with E-state index in [1.807, 2.05) is 6.08 Å². The van der Waals surface area contributed by atoms with Crippen molar-refractivity contribution in [1.29, 1.82) is 0 Å². The molecular formula is C20H32O2. The first-order chi connectivity index (χ1) is 10.2. The van der Waals surface area contributed by atoms with E-state index in [1.54, 1.807) is 0 Å². The Morgan fingerprint density at radius 3 is 2.50 bits per heavy atom. The summed E-state index contributed by atoms with van der Waals surface area (Å²) in [6, 6.07) is 0. The number of aliphatic hydroxyl groups is 1. The van der Waals surface area contributed by atoms with Gasteiger partial charge in [0.15, 0.2) is 0 Å². The van der Waals surface area contributed by atoms with Gasteiger partial charge in [-0.3, -0.25) is 4.79 Å². The second-order valence-corrected chi connectivity index (χ2v) is 9.02. The molecule has 1 N–H and O–H groups in total. The lowest BCUT2D eigenvalue weighted by atomic mass is 9.44. The summed E-state index contributed by atoms with van der Waals surface area (Å²) in [5.41, 5.74) is -0.131. The highest BCUT2D eigenvalue weighted by Crippen LogP contribution is 2.67. The molecule has 0 spiro atoms. The third kappa shape index (κ3) is 1.85. The lowest BCUT2D eigenvalue weighted by molar-refractivity contribution is -0.158. The lowest BCUT2D eigenvalue weighted by Crippen LogP contribution is -2.57. The van der Waals surface area contributed by atoms with Gasteiger partial charge in [-0.05, 0) is 54.8 Å². The van der Waals surface area contributed by atoms with Crippen LogP contribution in [0.5, 0.6) is 0 Å². The molecule has 3 aliphatic carbocycles. The van der Waals surface area contributed by atoms with Gasteiger partial charge in [-0.25, -0.2) is 0 Å². The quantitative estimate of drug-likeness (QED) is 0.730. The summed E-state index contributed by atoms with van der Waals surface area (Å²) in [4.78, 5) is 12.8. The molecule has 3 saturated carbocycles. The van der Waals surface area contributed by atoms with Crippen LogP contribution in [0.1, 0.15) is 66.2 Å². The molecule has 3 aliphatic rings. The Balaban J connectivity index is 2.15. The molecule has 22 heavy (non-hydrogen) atoms. The molecule has 0 heterocycles. The first kappa shape index (κ1) is 16.2. The molecule has 0 radical (unpaired) electrons. The Labute approximate surface area is 135 Å². The molecular weight excluding hydrogens is 272 g/mol. The molecule has 0 saturated heterocycles. The number of carbonyl (C=O) groups is 1. The predicted molar refractivity (Wildman–Crippen MR) is 89.4 cm³/mol. The maximum absolute atomic E-state index is 12.8. The van der Waals surface area contributed by atoms with E-state index >= 15 is 0 Å². The topological polar surface area (TPSA) is 37.3 Å². The van der Waals surface area contributed by atoms with Gasteiger partial charge in [-0.15, -0.1) is 6.58 Å². The molecule has 2 bridgehead atoms. The zero-order valence-electron chi connectivity index (χ0n) is 14.7. The highest BCUT2D eigenvalue weighted by Gasteiger charge is 2.64. The molecule has 2 heteroatoms. The van der Waals surface area contributed by atoms with E-state index in [2.05, 4.69) is 34.3 Å². The summed E-state index contributed by atoms with van der Waals surface area (Å²) in [7, 11) is 0. The van der Waals surface area contributed by atoms with Gasteiger partial charge in [0.25, 0.3) is 0 Å². The van der Waals surface area contributed by atoms with Crippen molar-refractivity contribution in [2.24, 2.45) is 34.0 Å². The van der Waals surface area contributed by atoms with Crippen molar-refractivity contribution in [3.8, 4) is 0 Å². The third-order valence-electron chi connectivity index (χ3n) is 8.29. The van der Waals surface area contributed by atoms with Gasteiger partial charge in [0.05, 0.1) is 6.10 Å². The first-order valence-corrected chi connectivity index (χ1v) is 9.06. The van der Waals surface area contributed by atoms with Crippen LogP contribution in [-0.2, 0) is 4.79 Å². The van der Waals surface area contributed by atoms with Crippen LogP contribution in [0.3, 0.4) is 0 Å². The molecule has 0 aromatic carbocycles. The fourth-order valence-corrected chi connectivity index (χ4v) is 6.26.